The molecular formula is C11H13N5S. The van der Waals surface area contributed by atoms with E-state index in [2.05, 4.69) is 21.9 Å². The number of pyridine rings is 1. The fourth-order valence-corrected chi connectivity index (χ4v) is 2.52. The molecule has 0 fully saturated rings. The van der Waals surface area contributed by atoms with E-state index in [4.69, 9.17) is 11.5 Å². The Kier molecular flexibility index (Phi) is 3.34. The predicted octanol–water partition coefficient (Wildman–Crippen LogP) is 1.67. The van der Waals surface area contributed by atoms with Crippen molar-refractivity contribution in [2.24, 2.45) is 16.5 Å². The van der Waals surface area contributed by atoms with Gasteiger partial charge in [0.2, 0.25) is 5.13 Å². The molecule has 0 unspecified atom stereocenters. The molecule has 5 nitrogen and oxygen atoms in total. The van der Waals surface area contributed by atoms with Gasteiger partial charge in [-0.2, -0.15) is 4.99 Å². The molecule has 2 aromatic rings. The lowest BCUT2D eigenvalue weighted by atomic mass is 10.2. The minimum atomic E-state index is 0.0303. The van der Waals surface area contributed by atoms with Crippen LogP contribution in [-0.2, 0) is 6.42 Å². The SMILES string of the molecule is CCc1nc(N=C(N)N)sc1-c1ccncc1. The quantitative estimate of drug-likeness (QED) is 0.637. The summed E-state index contributed by atoms with van der Waals surface area (Å²) in [5.41, 5.74) is 12.8. The van der Waals surface area contributed by atoms with E-state index in [9.17, 15) is 0 Å². The third-order valence-corrected chi connectivity index (χ3v) is 3.23. The van der Waals surface area contributed by atoms with Crippen LogP contribution in [0.2, 0.25) is 0 Å². The number of aryl methyl sites for hydroxylation is 1. The van der Waals surface area contributed by atoms with Gasteiger partial charge >= 0.3 is 0 Å². The van der Waals surface area contributed by atoms with Crippen LogP contribution in [0.15, 0.2) is 29.5 Å². The van der Waals surface area contributed by atoms with Crippen LogP contribution < -0.4 is 11.5 Å². The lowest BCUT2D eigenvalue weighted by molar-refractivity contribution is 1.06. The normalized spacial score (nSPS) is 10.2. The standard InChI is InChI=1S/C11H13N5S/c1-2-8-9(7-3-5-14-6-4-7)17-11(15-8)16-10(12)13/h3-6H,2H2,1H3,(H4,12,13,15,16). The van der Waals surface area contributed by atoms with Crippen molar-refractivity contribution in [3.63, 3.8) is 0 Å². The summed E-state index contributed by atoms with van der Waals surface area (Å²) >= 11 is 1.48. The Hall–Kier alpha value is -1.95. The van der Waals surface area contributed by atoms with E-state index in [1.165, 1.54) is 11.3 Å². The highest BCUT2D eigenvalue weighted by molar-refractivity contribution is 7.18. The second-order valence-electron chi connectivity index (χ2n) is 3.40. The number of hydrogen-bond acceptors (Lipinski definition) is 4. The number of guanidine groups is 1. The van der Waals surface area contributed by atoms with E-state index in [-0.39, 0.29) is 5.96 Å². The molecule has 0 atom stereocenters. The van der Waals surface area contributed by atoms with Gasteiger partial charge in [-0.15, -0.1) is 0 Å². The smallest absolute Gasteiger partial charge is 0.213 e. The predicted molar refractivity (Wildman–Crippen MR) is 70.2 cm³/mol. The first-order chi connectivity index (χ1) is 8.20. The molecule has 0 bridgehead atoms. The van der Waals surface area contributed by atoms with Crippen molar-refractivity contribution in [3.05, 3.63) is 30.2 Å². The van der Waals surface area contributed by atoms with Crippen molar-refractivity contribution in [1.29, 1.82) is 0 Å². The maximum atomic E-state index is 5.35. The summed E-state index contributed by atoms with van der Waals surface area (Å²) in [5.74, 6) is 0.0303. The third kappa shape index (κ3) is 2.59. The van der Waals surface area contributed by atoms with Gasteiger partial charge in [0.05, 0.1) is 10.6 Å². The van der Waals surface area contributed by atoms with Crippen LogP contribution in [-0.4, -0.2) is 15.9 Å². The van der Waals surface area contributed by atoms with E-state index in [0.29, 0.717) is 5.13 Å². The van der Waals surface area contributed by atoms with Crippen LogP contribution in [0.4, 0.5) is 5.13 Å². The number of thiazole rings is 1. The van der Waals surface area contributed by atoms with Crippen LogP contribution in [0.25, 0.3) is 10.4 Å². The lowest BCUT2D eigenvalue weighted by Crippen LogP contribution is -2.21. The van der Waals surface area contributed by atoms with Crippen LogP contribution in [0.5, 0.6) is 0 Å². The van der Waals surface area contributed by atoms with Crippen molar-refractivity contribution < 1.29 is 0 Å². The zero-order chi connectivity index (χ0) is 12.3. The van der Waals surface area contributed by atoms with Crippen molar-refractivity contribution in [1.82, 2.24) is 9.97 Å². The molecule has 0 aliphatic rings. The van der Waals surface area contributed by atoms with Gasteiger partial charge < -0.3 is 11.5 Å². The summed E-state index contributed by atoms with van der Waals surface area (Å²) in [6.45, 7) is 2.05. The molecule has 0 saturated heterocycles. The zero-order valence-electron chi connectivity index (χ0n) is 9.42. The Morgan fingerprint density at radius 2 is 2.06 bits per heavy atom. The Bertz CT molecular complexity index is 528. The second kappa shape index (κ2) is 4.92. The average molecular weight is 247 g/mol. The second-order valence-corrected chi connectivity index (χ2v) is 4.38. The number of nitrogens with zero attached hydrogens (tertiary/aromatic N) is 3. The molecule has 6 heteroatoms. The summed E-state index contributed by atoms with van der Waals surface area (Å²) in [5, 5.41) is 0.591. The van der Waals surface area contributed by atoms with Crippen LogP contribution in [0, 0.1) is 0 Å². The monoisotopic (exact) mass is 247 g/mol. The maximum absolute atomic E-state index is 5.35. The Labute approximate surface area is 103 Å². The molecule has 2 rings (SSSR count). The van der Waals surface area contributed by atoms with E-state index in [1.807, 2.05) is 12.1 Å². The molecular weight excluding hydrogens is 234 g/mol. The molecule has 0 radical (unpaired) electrons. The summed E-state index contributed by atoms with van der Waals surface area (Å²) in [7, 11) is 0. The topological polar surface area (TPSA) is 90.2 Å². The van der Waals surface area contributed by atoms with Gasteiger partial charge in [-0.3, -0.25) is 4.98 Å². The fourth-order valence-electron chi connectivity index (χ4n) is 1.47. The van der Waals surface area contributed by atoms with Crippen molar-refractivity contribution in [3.8, 4) is 10.4 Å². The van der Waals surface area contributed by atoms with Crippen molar-refractivity contribution in [2.45, 2.75) is 13.3 Å². The molecule has 17 heavy (non-hydrogen) atoms. The number of aromatic nitrogens is 2. The average Bonchev–Trinajstić information content (AvgIpc) is 2.72. The van der Waals surface area contributed by atoms with Crippen LogP contribution >= 0.6 is 11.3 Å². The number of rotatable bonds is 3. The third-order valence-electron chi connectivity index (χ3n) is 2.19. The van der Waals surface area contributed by atoms with Crippen LogP contribution in [0.1, 0.15) is 12.6 Å². The number of aliphatic imine (C=N–C) groups is 1. The van der Waals surface area contributed by atoms with E-state index in [0.717, 1.165) is 22.6 Å². The Balaban J connectivity index is 2.47. The molecule has 88 valence electrons. The lowest BCUT2D eigenvalue weighted by Gasteiger charge is -1.97. The van der Waals surface area contributed by atoms with Crippen LogP contribution in [0.3, 0.4) is 0 Å². The molecule has 0 spiro atoms. The highest BCUT2D eigenvalue weighted by Crippen LogP contribution is 2.34. The molecule has 0 aliphatic heterocycles. The first kappa shape index (κ1) is 11.5. The summed E-state index contributed by atoms with van der Waals surface area (Å²) in [6.07, 6.45) is 4.36. The Morgan fingerprint density at radius 1 is 1.35 bits per heavy atom. The van der Waals surface area contributed by atoms with Gasteiger partial charge in [-0.05, 0) is 24.1 Å². The van der Waals surface area contributed by atoms with E-state index in [1.54, 1.807) is 12.4 Å². The number of hydrogen-bond donors (Lipinski definition) is 2. The van der Waals surface area contributed by atoms with Gasteiger partial charge in [-0.25, -0.2) is 4.98 Å². The molecule has 2 aromatic heterocycles. The molecule has 4 N–H and O–H groups in total. The largest absolute Gasteiger partial charge is 0.370 e. The van der Waals surface area contributed by atoms with Crippen molar-refractivity contribution in [2.75, 3.05) is 0 Å². The molecule has 2 heterocycles. The van der Waals surface area contributed by atoms with Gasteiger partial charge in [0.1, 0.15) is 0 Å². The van der Waals surface area contributed by atoms with Gasteiger partial charge in [0, 0.05) is 12.4 Å². The highest BCUT2D eigenvalue weighted by Gasteiger charge is 2.11. The molecule has 0 saturated carbocycles. The minimum absolute atomic E-state index is 0.0303. The summed E-state index contributed by atoms with van der Waals surface area (Å²) in [6, 6.07) is 3.90. The molecule has 0 aromatic carbocycles. The van der Waals surface area contributed by atoms with Crippen molar-refractivity contribution >= 4 is 22.4 Å². The maximum Gasteiger partial charge on any atom is 0.213 e. The number of nitrogens with two attached hydrogens (primary N) is 2. The highest BCUT2D eigenvalue weighted by atomic mass is 32.1. The van der Waals surface area contributed by atoms with E-state index >= 15 is 0 Å². The van der Waals surface area contributed by atoms with Gasteiger partial charge in [0.25, 0.3) is 0 Å². The molecule has 0 aliphatic carbocycles. The van der Waals surface area contributed by atoms with Gasteiger partial charge in [-0.1, -0.05) is 18.3 Å². The van der Waals surface area contributed by atoms with Gasteiger partial charge in [0.15, 0.2) is 5.96 Å². The fraction of sp³-hybridized carbons (Fsp3) is 0.182. The Morgan fingerprint density at radius 3 is 2.65 bits per heavy atom. The minimum Gasteiger partial charge on any atom is -0.370 e. The summed E-state index contributed by atoms with van der Waals surface area (Å²) in [4.78, 5) is 13.5. The first-order valence-corrected chi connectivity index (χ1v) is 6.02. The summed E-state index contributed by atoms with van der Waals surface area (Å²) < 4.78 is 0. The zero-order valence-corrected chi connectivity index (χ0v) is 10.2. The van der Waals surface area contributed by atoms with E-state index < -0.39 is 0 Å². The first-order valence-electron chi connectivity index (χ1n) is 5.20. The molecule has 0 amide bonds.